The first-order valence-electron chi connectivity index (χ1n) is 8.63. The first-order valence-corrected chi connectivity index (χ1v) is 8.63. The SMILES string of the molecule is CCCCC(CC)C(C)CCC(C)C1CC1CC. The van der Waals surface area contributed by atoms with E-state index < -0.39 is 0 Å². The monoisotopic (exact) mass is 252 g/mol. The van der Waals surface area contributed by atoms with Crippen LogP contribution in [0.4, 0.5) is 0 Å². The summed E-state index contributed by atoms with van der Waals surface area (Å²) in [7, 11) is 0. The van der Waals surface area contributed by atoms with Crippen molar-refractivity contribution in [3.05, 3.63) is 0 Å². The van der Waals surface area contributed by atoms with Crippen LogP contribution in [0.1, 0.15) is 86.0 Å². The number of rotatable bonds is 10. The zero-order valence-electron chi connectivity index (χ0n) is 13.5. The maximum atomic E-state index is 2.50. The van der Waals surface area contributed by atoms with Crippen LogP contribution in [0.2, 0.25) is 0 Å². The third-order valence-electron chi connectivity index (χ3n) is 5.57. The number of hydrogen-bond donors (Lipinski definition) is 0. The Hall–Kier alpha value is 0. The molecule has 108 valence electrons. The van der Waals surface area contributed by atoms with Crippen LogP contribution in [0.15, 0.2) is 0 Å². The summed E-state index contributed by atoms with van der Waals surface area (Å²) in [5.41, 5.74) is 0. The molecule has 1 saturated carbocycles. The number of hydrogen-bond acceptors (Lipinski definition) is 0. The lowest BCUT2D eigenvalue weighted by atomic mass is 9.82. The van der Waals surface area contributed by atoms with E-state index >= 15 is 0 Å². The van der Waals surface area contributed by atoms with Gasteiger partial charge in [-0.2, -0.15) is 0 Å². The minimum absolute atomic E-state index is 0.947. The molecule has 5 atom stereocenters. The second-order valence-corrected chi connectivity index (χ2v) is 6.91. The Morgan fingerprint density at radius 2 is 1.72 bits per heavy atom. The fraction of sp³-hybridized carbons (Fsp3) is 1.00. The lowest BCUT2D eigenvalue weighted by Crippen LogP contribution is -2.13. The summed E-state index contributed by atoms with van der Waals surface area (Å²) in [6.07, 6.45) is 11.5. The van der Waals surface area contributed by atoms with Crippen molar-refractivity contribution in [1.82, 2.24) is 0 Å². The van der Waals surface area contributed by atoms with E-state index in [9.17, 15) is 0 Å². The van der Waals surface area contributed by atoms with Crippen molar-refractivity contribution in [2.75, 3.05) is 0 Å². The highest BCUT2D eigenvalue weighted by Gasteiger charge is 2.38. The molecule has 0 spiro atoms. The highest BCUT2D eigenvalue weighted by molar-refractivity contribution is 4.88. The summed E-state index contributed by atoms with van der Waals surface area (Å²) in [6.45, 7) is 12.1. The molecule has 0 heterocycles. The van der Waals surface area contributed by atoms with Gasteiger partial charge in [0.05, 0.1) is 0 Å². The molecule has 0 radical (unpaired) electrons. The Labute approximate surface area is 116 Å². The molecule has 0 saturated heterocycles. The lowest BCUT2D eigenvalue weighted by Gasteiger charge is -2.24. The van der Waals surface area contributed by atoms with E-state index in [0.29, 0.717) is 0 Å². The Morgan fingerprint density at radius 3 is 2.22 bits per heavy atom. The van der Waals surface area contributed by atoms with Crippen LogP contribution < -0.4 is 0 Å². The largest absolute Gasteiger partial charge is 0.0654 e. The minimum Gasteiger partial charge on any atom is -0.0654 e. The Bertz CT molecular complexity index is 208. The predicted molar refractivity (Wildman–Crippen MR) is 82.8 cm³/mol. The molecule has 0 aromatic rings. The summed E-state index contributed by atoms with van der Waals surface area (Å²) in [4.78, 5) is 0. The second-order valence-electron chi connectivity index (χ2n) is 6.91. The van der Waals surface area contributed by atoms with Crippen LogP contribution in [-0.4, -0.2) is 0 Å². The molecule has 0 aliphatic heterocycles. The molecule has 0 aromatic heterocycles. The van der Waals surface area contributed by atoms with Crippen molar-refractivity contribution in [1.29, 1.82) is 0 Å². The molecule has 1 fully saturated rings. The van der Waals surface area contributed by atoms with Gasteiger partial charge in [0.1, 0.15) is 0 Å². The van der Waals surface area contributed by atoms with Crippen molar-refractivity contribution in [3.8, 4) is 0 Å². The summed E-state index contributed by atoms with van der Waals surface area (Å²) in [6, 6.07) is 0. The van der Waals surface area contributed by atoms with Crippen LogP contribution in [0.25, 0.3) is 0 Å². The molecule has 5 unspecified atom stereocenters. The van der Waals surface area contributed by atoms with Gasteiger partial charge >= 0.3 is 0 Å². The average molecular weight is 252 g/mol. The van der Waals surface area contributed by atoms with Crippen molar-refractivity contribution in [3.63, 3.8) is 0 Å². The first-order chi connectivity index (χ1) is 8.63. The molecule has 0 amide bonds. The molecule has 0 N–H and O–H groups in total. The molecule has 1 aliphatic carbocycles. The van der Waals surface area contributed by atoms with Crippen LogP contribution in [0.5, 0.6) is 0 Å². The van der Waals surface area contributed by atoms with Gasteiger partial charge in [0.2, 0.25) is 0 Å². The van der Waals surface area contributed by atoms with Crippen LogP contribution in [-0.2, 0) is 0 Å². The lowest BCUT2D eigenvalue weighted by molar-refractivity contribution is 0.274. The zero-order chi connectivity index (χ0) is 13.5. The van der Waals surface area contributed by atoms with E-state index in [1.165, 1.54) is 51.4 Å². The summed E-state index contributed by atoms with van der Waals surface area (Å²) >= 11 is 0. The van der Waals surface area contributed by atoms with Gasteiger partial charge < -0.3 is 0 Å². The smallest absolute Gasteiger partial charge is 0.0357 e. The highest BCUT2D eigenvalue weighted by atomic mass is 14.4. The highest BCUT2D eigenvalue weighted by Crippen LogP contribution is 2.48. The van der Waals surface area contributed by atoms with E-state index in [1.807, 2.05) is 0 Å². The van der Waals surface area contributed by atoms with E-state index in [-0.39, 0.29) is 0 Å². The molecule has 1 rings (SSSR count). The van der Waals surface area contributed by atoms with E-state index in [2.05, 4.69) is 34.6 Å². The predicted octanol–water partition coefficient (Wildman–Crippen LogP) is 6.30. The van der Waals surface area contributed by atoms with Crippen molar-refractivity contribution in [2.45, 2.75) is 86.0 Å². The quantitative estimate of drug-likeness (QED) is 0.428. The van der Waals surface area contributed by atoms with Crippen LogP contribution in [0.3, 0.4) is 0 Å². The topological polar surface area (TPSA) is 0 Å². The molecule has 0 aromatic carbocycles. The summed E-state index contributed by atoms with van der Waals surface area (Å²) < 4.78 is 0. The van der Waals surface area contributed by atoms with Crippen molar-refractivity contribution >= 4 is 0 Å². The number of unbranched alkanes of at least 4 members (excludes halogenated alkanes) is 1. The average Bonchev–Trinajstić information content (AvgIpc) is 3.16. The maximum Gasteiger partial charge on any atom is -0.0357 e. The molecular weight excluding hydrogens is 216 g/mol. The first kappa shape index (κ1) is 16.1. The van der Waals surface area contributed by atoms with E-state index in [1.54, 1.807) is 0 Å². The summed E-state index contributed by atoms with van der Waals surface area (Å²) in [5.74, 6) is 5.08. The van der Waals surface area contributed by atoms with Gasteiger partial charge in [-0.25, -0.2) is 0 Å². The second kappa shape index (κ2) is 8.23. The fourth-order valence-corrected chi connectivity index (χ4v) is 3.77. The normalized spacial score (nSPS) is 27.8. The van der Waals surface area contributed by atoms with E-state index in [0.717, 1.165) is 29.6 Å². The standard InChI is InChI=1S/C18H36/c1-6-9-10-16(7-2)14(4)11-12-15(5)18-13-17(18)8-3/h14-18H,6-13H2,1-5H3. The van der Waals surface area contributed by atoms with Crippen LogP contribution >= 0.6 is 0 Å². The molecular formula is C18H36. The van der Waals surface area contributed by atoms with Crippen molar-refractivity contribution in [2.24, 2.45) is 29.6 Å². The third kappa shape index (κ3) is 4.94. The van der Waals surface area contributed by atoms with Crippen LogP contribution in [0, 0.1) is 29.6 Å². The van der Waals surface area contributed by atoms with Crippen molar-refractivity contribution < 1.29 is 0 Å². The Kier molecular flexibility index (Phi) is 7.34. The Morgan fingerprint density at radius 1 is 1.00 bits per heavy atom. The summed E-state index contributed by atoms with van der Waals surface area (Å²) in [5, 5.41) is 0. The van der Waals surface area contributed by atoms with E-state index in [4.69, 9.17) is 0 Å². The van der Waals surface area contributed by atoms with Gasteiger partial charge in [-0.05, 0) is 36.0 Å². The Balaban J connectivity index is 2.20. The third-order valence-corrected chi connectivity index (χ3v) is 5.57. The van der Waals surface area contributed by atoms with Gasteiger partial charge in [0.25, 0.3) is 0 Å². The molecule has 0 bridgehead atoms. The molecule has 1 aliphatic rings. The minimum atomic E-state index is 0.947. The molecule has 0 nitrogen and oxygen atoms in total. The molecule has 0 heteroatoms. The van der Waals surface area contributed by atoms with Gasteiger partial charge in [0, 0.05) is 0 Å². The zero-order valence-corrected chi connectivity index (χ0v) is 13.5. The maximum absolute atomic E-state index is 2.50. The van der Waals surface area contributed by atoms with Gasteiger partial charge in [-0.15, -0.1) is 0 Å². The van der Waals surface area contributed by atoms with Gasteiger partial charge in [-0.1, -0.05) is 79.6 Å². The molecule has 18 heavy (non-hydrogen) atoms. The van der Waals surface area contributed by atoms with Gasteiger partial charge in [-0.3, -0.25) is 0 Å². The van der Waals surface area contributed by atoms with Gasteiger partial charge in [0.15, 0.2) is 0 Å². The fourth-order valence-electron chi connectivity index (χ4n) is 3.77.